The number of alkyl halides is 3. The lowest BCUT2D eigenvalue weighted by Crippen LogP contribution is -2.28. The topological polar surface area (TPSA) is 34.0 Å². The minimum absolute atomic E-state index is 0.00645. The number of halogens is 3. The van der Waals surface area contributed by atoms with E-state index in [4.69, 9.17) is 6.42 Å². The summed E-state index contributed by atoms with van der Waals surface area (Å²) >= 11 is 0. The van der Waals surface area contributed by atoms with Crippen LogP contribution in [-0.4, -0.2) is 23.2 Å². The molecule has 0 aliphatic rings. The lowest BCUT2D eigenvalue weighted by molar-refractivity contribution is -0.140. The normalized spacial score (nSPS) is 11.0. The summed E-state index contributed by atoms with van der Waals surface area (Å²) in [6, 6.07) is 2.75. The minimum atomic E-state index is -4.35. The van der Waals surface area contributed by atoms with Crippen LogP contribution in [0, 0.1) is 12.3 Å². The second kappa shape index (κ2) is 6.15. The van der Waals surface area contributed by atoms with E-state index < -0.39 is 18.6 Å². The van der Waals surface area contributed by atoms with Gasteiger partial charge in [0.05, 0.1) is 0 Å². The largest absolute Gasteiger partial charge is 0.406 e. The summed E-state index contributed by atoms with van der Waals surface area (Å²) < 4.78 is 37.6. The molecule has 1 amide bonds. The van der Waals surface area contributed by atoms with E-state index >= 15 is 0 Å². The predicted molar refractivity (Wildman–Crippen MR) is 60.9 cm³/mol. The van der Waals surface area contributed by atoms with Crippen LogP contribution in [0.5, 0.6) is 0 Å². The number of aromatic nitrogens is 1. The smallest absolute Gasteiger partial charge is 0.351 e. The number of carbonyl (C=O) groups excluding carboxylic acids is 1. The van der Waals surface area contributed by atoms with Crippen LogP contribution in [0.25, 0.3) is 0 Å². The average molecular weight is 258 g/mol. The lowest BCUT2D eigenvalue weighted by atomic mass is 10.3. The van der Waals surface area contributed by atoms with Gasteiger partial charge in [-0.25, -0.2) is 0 Å². The number of terminal acetylenes is 1. The van der Waals surface area contributed by atoms with E-state index in [1.807, 2.05) is 0 Å². The first-order chi connectivity index (χ1) is 8.44. The predicted octanol–water partition coefficient (Wildman–Crippen LogP) is 2.19. The SMILES string of the molecule is C#CCCCNC(=O)c1cccn1CC(F)(F)F. The highest BCUT2D eigenvalue weighted by Gasteiger charge is 2.29. The fraction of sp³-hybridized carbons (Fsp3) is 0.417. The molecule has 0 aliphatic heterocycles. The van der Waals surface area contributed by atoms with Gasteiger partial charge in [-0.1, -0.05) is 0 Å². The Morgan fingerprint density at radius 2 is 2.22 bits per heavy atom. The molecule has 1 rings (SSSR count). The number of rotatable bonds is 5. The first-order valence-electron chi connectivity index (χ1n) is 5.37. The molecule has 3 nitrogen and oxygen atoms in total. The Bertz CT molecular complexity index is 443. The third-order valence-electron chi connectivity index (χ3n) is 2.20. The molecule has 0 aromatic carbocycles. The number of hydrogen-bond acceptors (Lipinski definition) is 1. The lowest BCUT2D eigenvalue weighted by Gasteiger charge is -2.11. The second-order valence-corrected chi connectivity index (χ2v) is 3.70. The fourth-order valence-electron chi connectivity index (χ4n) is 1.43. The fourth-order valence-corrected chi connectivity index (χ4v) is 1.43. The molecule has 0 bridgehead atoms. The maximum Gasteiger partial charge on any atom is 0.406 e. The summed E-state index contributed by atoms with van der Waals surface area (Å²) in [5.74, 6) is 1.89. The monoisotopic (exact) mass is 258 g/mol. The van der Waals surface area contributed by atoms with Crippen molar-refractivity contribution >= 4 is 5.91 Å². The Labute approximate surface area is 103 Å². The van der Waals surface area contributed by atoms with Crippen LogP contribution in [0.1, 0.15) is 23.3 Å². The Morgan fingerprint density at radius 1 is 1.50 bits per heavy atom. The third-order valence-corrected chi connectivity index (χ3v) is 2.20. The van der Waals surface area contributed by atoms with Crippen LogP contribution in [0.2, 0.25) is 0 Å². The quantitative estimate of drug-likeness (QED) is 0.637. The highest BCUT2D eigenvalue weighted by Crippen LogP contribution is 2.18. The van der Waals surface area contributed by atoms with E-state index in [0.717, 1.165) is 4.57 Å². The molecule has 0 aliphatic carbocycles. The molecule has 0 atom stereocenters. The van der Waals surface area contributed by atoms with E-state index in [9.17, 15) is 18.0 Å². The summed E-state index contributed by atoms with van der Waals surface area (Å²) in [4.78, 5) is 11.6. The highest BCUT2D eigenvalue weighted by atomic mass is 19.4. The zero-order valence-electron chi connectivity index (χ0n) is 9.63. The molecule has 98 valence electrons. The van der Waals surface area contributed by atoms with Gasteiger partial charge < -0.3 is 9.88 Å². The molecule has 6 heteroatoms. The zero-order chi connectivity index (χ0) is 13.6. The van der Waals surface area contributed by atoms with Crippen molar-refractivity contribution in [2.75, 3.05) is 6.54 Å². The van der Waals surface area contributed by atoms with Crippen molar-refractivity contribution in [3.63, 3.8) is 0 Å². The van der Waals surface area contributed by atoms with Crippen LogP contribution in [0.3, 0.4) is 0 Å². The van der Waals surface area contributed by atoms with Crippen molar-refractivity contribution in [3.8, 4) is 12.3 Å². The van der Waals surface area contributed by atoms with E-state index in [2.05, 4.69) is 11.2 Å². The van der Waals surface area contributed by atoms with Crippen LogP contribution >= 0.6 is 0 Å². The van der Waals surface area contributed by atoms with Gasteiger partial charge in [-0.05, 0) is 18.6 Å². The molecular formula is C12H13F3N2O. The standard InChI is InChI=1S/C12H13F3N2O/c1-2-3-4-7-16-11(18)10-6-5-8-17(10)9-12(13,14)15/h1,5-6,8H,3-4,7,9H2,(H,16,18). The van der Waals surface area contributed by atoms with E-state index in [1.165, 1.54) is 18.3 Å². The number of unbranched alkanes of at least 4 members (excludes halogenated alkanes) is 1. The Kier molecular flexibility index (Phi) is 4.84. The third kappa shape index (κ3) is 4.53. The summed E-state index contributed by atoms with van der Waals surface area (Å²) in [6.07, 6.45) is 3.04. The van der Waals surface area contributed by atoms with Gasteiger partial charge >= 0.3 is 6.18 Å². The van der Waals surface area contributed by atoms with Crippen molar-refractivity contribution in [2.45, 2.75) is 25.6 Å². The van der Waals surface area contributed by atoms with Crippen LogP contribution in [0.15, 0.2) is 18.3 Å². The molecule has 0 saturated heterocycles. The molecular weight excluding hydrogens is 245 g/mol. The average Bonchev–Trinajstić information content (AvgIpc) is 2.69. The van der Waals surface area contributed by atoms with Crippen molar-refractivity contribution in [1.82, 2.24) is 9.88 Å². The first-order valence-corrected chi connectivity index (χ1v) is 5.37. The minimum Gasteiger partial charge on any atom is -0.351 e. The van der Waals surface area contributed by atoms with E-state index in [-0.39, 0.29) is 5.69 Å². The van der Waals surface area contributed by atoms with Gasteiger partial charge in [0.2, 0.25) is 0 Å². The first kappa shape index (κ1) is 14.2. The number of nitrogens with one attached hydrogen (secondary N) is 1. The van der Waals surface area contributed by atoms with E-state index in [0.29, 0.717) is 19.4 Å². The molecule has 1 aromatic rings. The van der Waals surface area contributed by atoms with Gasteiger partial charge in [0.1, 0.15) is 12.2 Å². The van der Waals surface area contributed by atoms with Crippen LogP contribution < -0.4 is 5.32 Å². The van der Waals surface area contributed by atoms with Crippen LogP contribution in [-0.2, 0) is 6.54 Å². The Hall–Kier alpha value is -1.90. The summed E-state index contributed by atoms with van der Waals surface area (Å²) in [5.41, 5.74) is -0.00645. The van der Waals surface area contributed by atoms with Crippen molar-refractivity contribution in [3.05, 3.63) is 24.0 Å². The van der Waals surface area contributed by atoms with E-state index in [1.54, 1.807) is 0 Å². The number of carbonyl (C=O) groups is 1. The highest BCUT2D eigenvalue weighted by molar-refractivity contribution is 5.92. The van der Waals surface area contributed by atoms with Gasteiger partial charge in [0.25, 0.3) is 5.91 Å². The maximum atomic E-state index is 12.2. The molecule has 0 unspecified atom stereocenters. The molecule has 0 fully saturated rings. The molecule has 0 saturated carbocycles. The molecule has 18 heavy (non-hydrogen) atoms. The van der Waals surface area contributed by atoms with Crippen molar-refractivity contribution in [1.29, 1.82) is 0 Å². The van der Waals surface area contributed by atoms with Gasteiger partial charge in [-0.15, -0.1) is 12.3 Å². The Balaban J connectivity index is 2.58. The molecule has 1 aromatic heterocycles. The van der Waals surface area contributed by atoms with Gasteiger partial charge in [0.15, 0.2) is 0 Å². The zero-order valence-corrected chi connectivity index (χ0v) is 9.63. The van der Waals surface area contributed by atoms with Crippen LogP contribution in [0.4, 0.5) is 13.2 Å². The van der Waals surface area contributed by atoms with Crippen molar-refractivity contribution in [2.24, 2.45) is 0 Å². The summed E-state index contributed by atoms with van der Waals surface area (Å²) in [6.45, 7) is -0.826. The van der Waals surface area contributed by atoms with Crippen molar-refractivity contribution < 1.29 is 18.0 Å². The van der Waals surface area contributed by atoms with Gasteiger partial charge in [-0.2, -0.15) is 13.2 Å². The number of amides is 1. The van der Waals surface area contributed by atoms with Gasteiger partial charge in [-0.3, -0.25) is 4.79 Å². The number of nitrogens with zero attached hydrogens (tertiary/aromatic N) is 1. The number of hydrogen-bond donors (Lipinski definition) is 1. The summed E-state index contributed by atoms with van der Waals surface area (Å²) in [7, 11) is 0. The maximum absolute atomic E-state index is 12.2. The Morgan fingerprint density at radius 3 is 2.83 bits per heavy atom. The molecule has 0 spiro atoms. The summed E-state index contributed by atoms with van der Waals surface area (Å²) in [5, 5.41) is 2.52. The molecule has 1 heterocycles. The molecule has 0 radical (unpaired) electrons. The second-order valence-electron chi connectivity index (χ2n) is 3.70. The molecule has 1 N–H and O–H groups in total. The van der Waals surface area contributed by atoms with Gasteiger partial charge in [0, 0.05) is 19.2 Å².